The van der Waals surface area contributed by atoms with Crippen molar-refractivity contribution in [3.63, 3.8) is 0 Å². The summed E-state index contributed by atoms with van der Waals surface area (Å²) in [5.41, 5.74) is 0.460. The predicted molar refractivity (Wildman–Crippen MR) is 67.3 cm³/mol. The zero-order valence-corrected chi connectivity index (χ0v) is 10.8. The lowest BCUT2D eigenvalue weighted by Gasteiger charge is -2.30. The van der Waals surface area contributed by atoms with Crippen molar-refractivity contribution in [3.05, 3.63) is 34.3 Å². The molecule has 0 bridgehead atoms. The molecule has 0 amide bonds. The first-order valence-corrected chi connectivity index (χ1v) is 6.72. The Bertz CT molecular complexity index is 391. The van der Waals surface area contributed by atoms with Crippen molar-refractivity contribution in [1.29, 1.82) is 0 Å². The summed E-state index contributed by atoms with van der Waals surface area (Å²) in [6, 6.07) is 8.47. The van der Waals surface area contributed by atoms with E-state index in [-0.39, 0.29) is 0 Å². The summed E-state index contributed by atoms with van der Waals surface area (Å²) in [7, 11) is 0. The van der Waals surface area contributed by atoms with E-state index in [9.17, 15) is 5.11 Å². The third-order valence-corrected chi connectivity index (χ3v) is 4.57. The molecule has 1 N–H and O–H groups in total. The van der Waals surface area contributed by atoms with Crippen molar-refractivity contribution in [2.45, 2.75) is 30.9 Å². The number of halogens is 1. The highest BCUT2D eigenvalue weighted by Crippen LogP contribution is 2.42. The zero-order valence-electron chi connectivity index (χ0n) is 9.19. The molecule has 2 aliphatic heterocycles. The normalized spacial score (nSPS) is 34.2. The fourth-order valence-electron chi connectivity index (χ4n) is 3.19. The van der Waals surface area contributed by atoms with Crippen LogP contribution in [-0.2, 0) is 5.60 Å². The van der Waals surface area contributed by atoms with Crippen LogP contribution in [0.3, 0.4) is 0 Å². The van der Waals surface area contributed by atoms with Crippen LogP contribution in [-0.4, -0.2) is 29.1 Å². The molecule has 3 rings (SSSR count). The van der Waals surface area contributed by atoms with Crippen LogP contribution in [0.4, 0.5) is 0 Å². The maximum Gasteiger partial charge on any atom is 0.106 e. The number of rotatable bonds is 1. The standard InChI is InChI=1S/C13H16BrNO/c14-11-5-3-10(4-6-11)13(16)7-9-15-8-1-2-12(13)15/h3-6,12,16H,1-2,7-9H2/t12-,13-/m0/s1. The Labute approximate surface area is 104 Å². The highest BCUT2D eigenvalue weighted by Gasteiger charge is 2.48. The first-order valence-electron chi connectivity index (χ1n) is 5.93. The van der Waals surface area contributed by atoms with Crippen LogP contribution >= 0.6 is 15.9 Å². The van der Waals surface area contributed by atoms with Gasteiger partial charge in [0.15, 0.2) is 0 Å². The molecule has 0 aliphatic carbocycles. The van der Waals surface area contributed by atoms with E-state index in [4.69, 9.17) is 0 Å². The minimum Gasteiger partial charge on any atom is -0.383 e. The third kappa shape index (κ3) is 1.53. The second-order valence-corrected chi connectivity index (χ2v) is 5.79. The van der Waals surface area contributed by atoms with E-state index >= 15 is 0 Å². The van der Waals surface area contributed by atoms with Gasteiger partial charge < -0.3 is 5.11 Å². The van der Waals surface area contributed by atoms with Crippen LogP contribution in [0.2, 0.25) is 0 Å². The van der Waals surface area contributed by atoms with Gasteiger partial charge in [0.1, 0.15) is 5.60 Å². The van der Waals surface area contributed by atoms with Gasteiger partial charge in [0.05, 0.1) is 0 Å². The number of hydrogen-bond acceptors (Lipinski definition) is 2. The van der Waals surface area contributed by atoms with Crippen LogP contribution < -0.4 is 0 Å². The monoisotopic (exact) mass is 281 g/mol. The lowest BCUT2D eigenvalue weighted by molar-refractivity contribution is 0.00937. The van der Waals surface area contributed by atoms with Crippen LogP contribution in [0.25, 0.3) is 0 Å². The molecule has 2 nitrogen and oxygen atoms in total. The molecule has 0 spiro atoms. The molecule has 1 aromatic carbocycles. The Morgan fingerprint density at radius 3 is 2.75 bits per heavy atom. The number of benzene rings is 1. The first kappa shape index (κ1) is 10.8. The van der Waals surface area contributed by atoms with Crippen molar-refractivity contribution < 1.29 is 5.11 Å². The van der Waals surface area contributed by atoms with Crippen LogP contribution in [0, 0.1) is 0 Å². The predicted octanol–water partition coefficient (Wildman–Crippen LogP) is 2.50. The minimum absolute atomic E-state index is 0.341. The molecule has 2 saturated heterocycles. The Hall–Kier alpha value is -0.380. The van der Waals surface area contributed by atoms with E-state index in [0.29, 0.717) is 6.04 Å². The fraction of sp³-hybridized carbons (Fsp3) is 0.538. The summed E-state index contributed by atoms with van der Waals surface area (Å²) in [5, 5.41) is 10.9. The van der Waals surface area contributed by atoms with E-state index in [1.54, 1.807) is 0 Å². The Balaban J connectivity index is 1.95. The van der Waals surface area contributed by atoms with Crippen LogP contribution in [0.1, 0.15) is 24.8 Å². The SMILES string of the molecule is O[C@]1(c2ccc(Br)cc2)CCN2CCC[C@H]21. The summed E-state index contributed by atoms with van der Waals surface area (Å²) in [6.07, 6.45) is 3.23. The van der Waals surface area contributed by atoms with Gasteiger partial charge in [0, 0.05) is 17.1 Å². The lowest BCUT2D eigenvalue weighted by Crippen LogP contribution is -2.38. The largest absolute Gasteiger partial charge is 0.383 e. The molecule has 1 aromatic rings. The minimum atomic E-state index is -0.614. The molecule has 0 saturated carbocycles. The van der Waals surface area contributed by atoms with Gasteiger partial charge in [-0.05, 0) is 43.5 Å². The quantitative estimate of drug-likeness (QED) is 0.855. The van der Waals surface area contributed by atoms with Crippen molar-refractivity contribution in [2.75, 3.05) is 13.1 Å². The molecular weight excluding hydrogens is 266 g/mol. The number of aliphatic hydroxyl groups is 1. The highest BCUT2D eigenvalue weighted by molar-refractivity contribution is 9.10. The van der Waals surface area contributed by atoms with E-state index < -0.39 is 5.60 Å². The Morgan fingerprint density at radius 1 is 1.25 bits per heavy atom. The molecule has 2 heterocycles. The highest BCUT2D eigenvalue weighted by atomic mass is 79.9. The molecule has 0 aromatic heterocycles. The van der Waals surface area contributed by atoms with Gasteiger partial charge >= 0.3 is 0 Å². The first-order chi connectivity index (χ1) is 7.70. The maximum atomic E-state index is 10.9. The summed E-state index contributed by atoms with van der Waals surface area (Å²) < 4.78 is 1.07. The van der Waals surface area contributed by atoms with E-state index in [2.05, 4.69) is 20.8 Å². The van der Waals surface area contributed by atoms with Crippen LogP contribution in [0.5, 0.6) is 0 Å². The molecule has 3 heteroatoms. The number of nitrogens with zero attached hydrogens (tertiary/aromatic N) is 1. The number of hydrogen-bond donors (Lipinski definition) is 1. The average molecular weight is 282 g/mol. The lowest BCUT2D eigenvalue weighted by atomic mass is 9.85. The van der Waals surface area contributed by atoms with Crippen molar-refractivity contribution >= 4 is 15.9 Å². The average Bonchev–Trinajstić information content (AvgIpc) is 2.85. The van der Waals surface area contributed by atoms with Gasteiger partial charge in [-0.2, -0.15) is 0 Å². The molecule has 16 heavy (non-hydrogen) atoms. The number of fused-ring (bicyclic) bond motifs is 1. The summed E-state index contributed by atoms with van der Waals surface area (Å²) in [4.78, 5) is 2.43. The molecule has 0 radical (unpaired) electrons. The fourth-order valence-corrected chi connectivity index (χ4v) is 3.45. The molecule has 2 atom stereocenters. The van der Waals surface area contributed by atoms with Crippen LogP contribution in [0.15, 0.2) is 28.7 Å². The molecule has 0 unspecified atom stereocenters. The van der Waals surface area contributed by atoms with Gasteiger partial charge in [0.25, 0.3) is 0 Å². The maximum absolute atomic E-state index is 10.9. The van der Waals surface area contributed by atoms with Crippen molar-refractivity contribution in [3.8, 4) is 0 Å². The molecular formula is C13H16BrNO. The summed E-state index contributed by atoms with van der Waals surface area (Å²) in [5.74, 6) is 0. The van der Waals surface area contributed by atoms with Gasteiger partial charge in [-0.1, -0.05) is 28.1 Å². The topological polar surface area (TPSA) is 23.5 Å². The third-order valence-electron chi connectivity index (χ3n) is 4.04. The zero-order chi connectivity index (χ0) is 11.2. The smallest absolute Gasteiger partial charge is 0.106 e. The molecule has 2 aliphatic rings. The summed E-state index contributed by atoms with van der Waals surface area (Å²) >= 11 is 3.44. The van der Waals surface area contributed by atoms with Crippen molar-refractivity contribution in [1.82, 2.24) is 4.90 Å². The van der Waals surface area contributed by atoms with E-state index in [1.165, 1.54) is 6.42 Å². The molecule has 2 fully saturated rings. The van der Waals surface area contributed by atoms with E-state index in [1.807, 2.05) is 24.3 Å². The Kier molecular flexibility index (Phi) is 2.57. The van der Waals surface area contributed by atoms with Gasteiger partial charge in [-0.15, -0.1) is 0 Å². The van der Waals surface area contributed by atoms with Crippen molar-refractivity contribution in [2.24, 2.45) is 0 Å². The summed E-state index contributed by atoms with van der Waals surface area (Å²) in [6.45, 7) is 2.20. The Morgan fingerprint density at radius 2 is 2.00 bits per heavy atom. The van der Waals surface area contributed by atoms with Gasteiger partial charge in [-0.25, -0.2) is 0 Å². The van der Waals surface area contributed by atoms with Gasteiger partial charge in [-0.3, -0.25) is 4.90 Å². The van der Waals surface area contributed by atoms with Gasteiger partial charge in [0.2, 0.25) is 0 Å². The second-order valence-electron chi connectivity index (χ2n) is 4.88. The second kappa shape index (κ2) is 3.83. The molecule has 86 valence electrons. The van der Waals surface area contributed by atoms with E-state index in [0.717, 1.165) is 36.0 Å².